The van der Waals surface area contributed by atoms with Crippen LogP contribution in [0.5, 0.6) is 5.75 Å². The van der Waals surface area contributed by atoms with Crippen molar-refractivity contribution in [3.8, 4) is 5.75 Å². The van der Waals surface area contributed by atoms with Gasteiger partial charge in [-0.15, -0.1) is 0 Å². The number of rotatable bonds is 8. The van der Waals surface area contributed by atoms with Crippen LogP contribution in [-0.4, -0.2) is 47.7 Å². The van der Waals surface area contributed by atoms with Crippen molar-refractivity contribution in [2.24, 2.45) is 5.41 Å². The molecule has 3 aromatic carbocycles. The number of nitrogens with zero attached hydrogens (tertiary/aromatic N) is 2. The highest BCUT2D eigenvalue weighted by molar-refractivity contribution is 6.31. The highest BCUT2D eigenvalue weighted by Crippen LogP contribution is 2.58. The van der Waals surface area contributed by atoms with Crippen molar-refractivity contribution >= 4 is 46.5 Å². The van der Waals surface area contributed by atoms with E-state index in [2.05, 4.69) is 41.3 Å². The van der Waals surface area contributed by atoms with Gasteiger partial charge in [-0.05, 0) is 71.0 Å². The summed E-state index contributed by atoms with van der Waals surface area (Å²) in [6, 6.07) is 17.6. The van der Waals surface area contributed by atoms with E-state index in [0.717, 1.165) is 16.8 Å². The number of carboxylic acid groups (broad SMARTS) is 1. The van der Waals surface area contributed by atoms with Crippen molar-refractivity contribution in [2.45, 2.75) is 57.2 Å². The Morgan fingerprint density at radius 1 is 1.12 bits per heavy atom. The third-order valence-electron chi connectivity index (χ3n) is 9.36. The summed E-state index contributed by atoms with van der Waals surface area (Å²) < 4.78 is 21.8. The fourth-order valence-electron chi connectivity index (χ4n) is 7.48. The predicted octanol–water partition coefficient (Wildman–Crippen LogP) is 7.69. The first-order valence-corrected chi connectivity index (χ1v) is 16.4. The van der Waals surface area contributed by atoms with Crippen LogP contribution in [0.3, 0.4) is 0 Å². The topological polar surface area (TPSA) is 104 Å². The Hall–Kier alpha value is -4.18. The number of hydrogen-bond donors (Lipinski definition) is 3. The quantitative estimate of drug-likeness (QED) is 0.174. The maximum Gasteiger partial charge on any atom is 0.335 e. The summed E-state index contributed by atoms with van der Waals surface area (Å²) >= 11 is 13.0. The summed E-state index contributed by atoms with van der Waals surface area (Å²) in [7, 11) is 1.40. The number of pyridine rings is 1. The van der Waals surface area contributed by atoms with Crippen LogP contribution in [0.4, 0.5) is 15.8 Å². The average molecular weight is 692 g/mol. The summed E-state index contributed by atoms with van der Waals surface area (Å²) in [5.41, 5.74) is 2.52. The number of fused-ring (bicyclic) bond motifs is 2. The van der Waals surface area contributed by atoms with Gasteiger partial charge in [-0.3, -0.25) is 9.78 Å². The molecule has 2 aliphatic rings. The van der Waals surface area contributed by atoms with Gasteiger partial charge < -0.3 is 25.4 Å². The SMILES string of the molecule is COc1cc(C(=O)O)ccc1NC(=O)[C@@H]1N[C@@H](CC(C)(C)C)[C@@]2(CN(Cc3cccnc3)c3cc(Cl)ccc32)[C@H]1c1cccc(Cl)c1F. The van der Waals surface area contributed by atoms with Gasteiger partial charge in [-0.1, -0.05) is 68.2 Å². The van der Waals surface area contributed by atoms with Crippen LogP contribution in [0.2, 0.25) is 10.0 Å². The van der Waals surface area contributed by atoms with E-state index in [4.69, 9.17) is 27.9 Å². The summed E-state index contributed by atoms with van der Waals surface area (Å²) in [6.45, 7) is 7.42. The number of carbonyl (C=O) groups excluding carboxylic acids is 1. The van der Waals surface area contributed by atoms with E-state index in [9.17, 15) is 14.7 Å². The monoisotopic (exact) mass is 690 g/mol. The first-order chi connectivity index (χ1) is 22.8. The molecule has 1 aromatic heterocycles. The first-order valence-electron chi connectivity index (χ1n) is 15.7. The highest BCUT2D eigenvalue weighted by Gasteiger charge is 2.63. The maximum absolute atomic E-state index is 16.3. The Morgan fingerprint density at radius 2 is 1.92 bits per heavy atom. The minimum Gasteiger partial charge on any atom is -0.495 e. The zero-order chi connectivity index (χ0) is 34.4. The van der Waals surface area contributed by atoms with Gasteiger partial charge in [0.15, 0.2) is 0 Å². The molecule has 0 unspecified atom stereocenters. The molecule has 0 radical (unpaired) electrons. The van der Waals surface area contributed by atoms with E-state index in [1.54, 1.807) is 18.3 Å². The third-order valence-corrected chi connectivity index (χ3v) is 9.89. The molecule has 3 N–H and O–H groups in total. The second-order valence-corrected chi connectivity index (χ2v) is 14.6. The van der Waals surface area contributed by atoms with E-state index < -0.39 is 35.1 Å². The molecule has 1 saturated heterocycles. The van der Waals surface area contributed by atoms with Crippen LogP contribution < -0.4 is 20.3 Å². The number of anilines is 2. The molecule has 8 nitrogen and oxygen atoms in total. The number of aromatic carboxylic acids is 1. The van der Waals surface area contributed by atoms with E-state index in [1.807, 2.05) is 36.5 Å². The van der Waals surface area contributed by atoms with Gasteiger partial charge in [-0.2, -0.15) is 0 Å². The van der Waals surface area contributed by atoms with Crippen LogP contribution in [0.25, 0.3) is 0 Å². The lowest BCUT2D eigenvalue weighted by Crippen LogP contribution is -2.48. The zero-order valence-corrected chi connectivity index (χ0v) is 28.6. The number of amides is 1. The maximum atomic E-state index is 16.3. The molecule has 2 aliphatic heterocycles. The van der Waals surface area contributed by atoms with Crippen LogP contribution in [-0.2, 0) is 16.8 Å². The molecule has 11 heteroatoms. The minimum absolute atomic E-state index is 0.0156. The predicted molar refractivity (Wildman–Crippen MR) is 186 cm³/mol. The van der Waals surface area contributed by atoms with E-state index in [-0.39, 0.29) is 27.8 Å². The molecular formula is C37H37Cl2FN4O4. The smallest absolute Gasteiger partial charge is 0.335 e. The Labute approximate surface area is 289 Å². The number of methoxy groups -OCH3 is 1. The number of hydrogen-bond acceptors (Lipinski definition) is 6. The van der Waals surface area contributed by atoms with Crippen molar-refractivity contribution in [2.75, 3.05) is 23.9 Å². The molecule has 0 saturated carbocycles. The number of carbonyl (C=O) groups is 2. The highest BCUT2D eigenvalue weighted by atomic mass is 35.5. The minimum atomic E-state index is -1.12. The number of ether oxygens (including phenoxy) is 1. The summed E-state index contributed by atoms with van der Waals surface area (Å²) in [4.78, 5) is 32.7. The molecule has 4 atom stereocenters. The van der Waals surface area contributed by atoms with Gasteiger partial charge in [-0.25, -0.2) is 9.18 Å². The molecule has 1 spiro atoms. The van der Waals surface area contributed by atoms with Crippen LogP contribution >= 0.6 is 23.2 Å². The number of carboxylic acids is 1. The standard InChI is InChI=1S/C37H37Cl2FN4O4/c1-36(2,3)17-30-37(20-44(19-21-7-6-14-41-18-21)28-16-23(38)11-12-25(28)37)31(24-8-5-9-26(39)32(24)40)33(43-30)34(45)42-27-13-10-22(35(46)47)15-29(27)48-4/h5-16,18,30-31,33,43H,17,19-20H2,1-4H3,(H,42,45)(H,46,47)/t30-,31-,33+,37-/m0/s1. The van der Waals surface area contributed by atoms with Gasteiger partial charge in [0.1, 0.15) is 11.6 Å². The second kappa shape index (κ2) is 13.0. The summed E-state index contributed by atoms with van der Waals surface area (Å²) in [6.07, 6.45) is 4.21. The molecule has 1 amide bonds. The lowest BCUT2D eigenvalue weighted by Gasteiger charge is -2.40. The van der Waals surface area contributed by atoms with Gasteiger partial charge >= 0.3 is 5.97 Å². The number of aromatic nitrogens is 1. The molecule has 6 rings (SSSR count). The Bertz CT molecular complexity index is 1870. The van der Waals surface area contributed by atoms with Crippen LogP contribution in [0.15, 0.2) is 79.1 Å². The lowest BCUT2D eigenvalue weighted by molar-refractivity contribution is -0.118. The van der Waals surface area contributed by atoms with Gasteiger partial charge in [0.25, 0.3) is 0 Å². The van der Waals surface area contributed by atoms with E-state index in [1.165, 1.54) is 31.4 Å². The van der Waals surface area contributed by atoms with Crippen LogP contribution in [0, 0.1) is 11.2 Å². The first kappa shape index (κ1) is 33.7. The molecule has 250 valence electrons. The molecule has 48 heavy (non-hydrogen) atoms. The molecule has 0 aliphatic carbocycles. The fraction of sp³-hybridized carbons (Fsp3) is 0.324. The summed E-state index contributed by atoms with van der Waals surface area (Å²) in [5.74, 6) is -2.65. The third kappa shape index (κ3) is 6.22. The van der Waals surface area contributed by atoms with Crippen molar-refractivity contribution in [3.63, 3.8) is 0 Å². The summed E-state index contributed by atoms with van der Waals surface area (Å²) in [5, 5.41) is 16.7. The second-order valence-electron chi connectivity index (χ2n) is 13.7. The van der Waals surface area contributed by atoms with Crippen molar-refractivity contribution in [1.82, 2.24) is 10.3 Å². The van der Waals surface area contributed by atoms with Crippen LogP contribution in [0.1, 0.15) is 60.2 Å². The van der Waals surface area contributed by atoms with Crippen molar-refractivity contribution < 1.29 is 23.8 Å². The van der Waals surface area contributed by atoms with E-state index in [0.29, 0.717) is 35.8 Å². The Kier molecular flexibility index (Phi) is 9.15. The van der Waals surface area contributed by atoms with Crippen molar-refractivity contribution in [1.29, 1.82) is 0 Å². The van der Waals surface area contributed by atoms with E-state index >= 15 is 4.39 Å². The largest absolute Gasteiger partial charge is 0.495 e. The van der Waals surface area contributed by atoms with Gasteiger partial charge in [0, 0.05) is 53.6 Å². The molecular weight excluding hydrogens is 654 g/mol. The number of halogens is 3. The van der Waals surface area contributed by atoms with Gasteiger partial charge in [0.05, 0.1) is 29.4 Å². The fourth-order valence-corrected chi connectivity index (χ4v) is 7.82. The number of benzene rings is 3. The molecule has 1 fully saturated rings. The zero-order valence-electron chi connectivity index (χ0n) is 27.1. The molecule has 4 aromatic rings. The Balaban J connectivity index is 1.53. The average Bonchev–Trinajstić information content (AvgIpc) is 3.52. The van der Waals surface area contributed by atoms with Crippen molar-refractivity contribution in [3.05, 3.63) is 117 Å². The lowest BCUT2D eigenvalue weighted by atomic mass is 9.63. The molecule has 3 heterocycles. The number of nitrogens with one attached hydrogen (secondary N) is 2. The normalized spacial score (nSPS) is 21.7. The molecule has 0 bridgehead atoms. The Morgan fingerprint density at radius 3 is 2.60 bits per heavy atom. The van der Waals surface area contributed by atoms with Gasteiger partial charge in [0.2, 0.25) is 5.91 Å².